The van der Waals surface area contributed by atoms with E-state index in [0.29, 0.717) is 17.4 Å². The van der Waals surface area contributed by atoms with Gasteiger partial charge in [-0.25, -0.2) is 4.39 Å². The quantitative estimate of drug-likeness (QED) is 0.727. The summed E-state index contributed by atoms with van der Waals surface area (Å²) in [5, 5.41) is 9.31. The topological polar surface area (TPSA) is 23.8 Å². The summed E-state index contributed by atoms with van der Waals surface area (Å²) in [6.45, 7) is 0. The summed E-state index contributed by atoms with van der Waals surface area (Å²) in [6, 6.07) is 3.40. The Hall–Kier alpha value is -1.07. The predicted octanol–water partition coefficient (Wildman–Crippen LogP) is 3.79. The van der Waals surface area contributed by atoms with Gasteiger partial charge in [-0.05, 0) is 54.7 Å². The summed E-state index contributed by atoms with van der Waals surface area (Å²) in [6.07, 6.45) is 4.33. The molecule has 16 heavy (non-hydrogen) atoms. The SMILES string of the molecule is N#Cc1cc(F)c(Cl)c2c1C(C1CC1)CC2. The maximum absolute atomic E-state index is 13.5. The summed E-state index contributed by atoms with van der Waals surface area (Å²) >= 11 is 5.97. The second-order valence-electron chi connectivity index (χ2n) is 4.71. The van der Waals surface area contributed by atoms with E-state index in [0.717, 1.165) is 24.0 Å². The molecule has 0 bridgehead atoms. The second kappa shape index (κ2) is 3.46. The molecule has 2 aliphatic rings. The van der Waals surface area contributed by atoms with Crippen LogP contribution in [0.5, 0.6) is 0 Å². The summed E-state index contributed by atoms with van der Waals surface area (Å²) in [5.41, 5.74) is 2.41. The zero-order chi connectivity index (χ0) is 11.3. The number of halogens is 2. The van der Waals surface area contributed by atoms with E-state index < -0.39 is 5.82 Å². The lowest BCUT2D eigenvalue weighted by molar-refractivity contribution is 0.598. The molecule has 1 aromatic carbocycles. The van der Waals surface area contributed by atoms with Crippen molar-refractivity contribution in [3.63, 3.8) is 0 Å². The second-order valence-corrected chi connectivity index (χ2v) is 5.08. The van der Waals surface area contributed by atoms with Gasteiger partial charge in [-0.1, -0.05) is 11.6 Å². The molecule has 0 saturated heterocycles. The Labute approximate surface area is 98.8 Å². The molecule has 1 aromatic rings. The van der Waals surface area contributed by atoms with Gasteiger partial charge in [0.2, 0.25) is 0 Å². The first kappa shape index (κ1) is 10.1. The Bertz CT molecular complexity index is 500. The van der Waals surface area contributed by atoms with Gasteiger partial charge in [0.05, 0.1) is 16.7 Å². The molecule has 0 spiro atoms. The van der Waals surface area contributed by atoms with Crippen molar-refractivity contribution in [2.75, 3.05) is 0 Å². The number of nitrogens with zero attached hydrogens (tertiary/aromatic N) is 1. The average Bonchev–Trinajstić information content (AvgIpc) is 3.03. The molecule has 1 saturated carbocycles. The first-order chi connectivity index (χ1) is 7.72. The van der Waals surface area contributed by atoms with E-state index in [9.17, 15) is 4.39 Å². The monoisotopic (exact) mass is 235 g/mol. The van der Waals surface area contributed by atoms with Crippen molar-refractivity contribution in [2.24, 2.45) is 5.92 Å². The maximum atomic E-state index is 13.5. The van der Waals surface area contributed by atoms with E-state index in [1.54, 1.807) is 0 Å². The van der Waals surface area contributed by atoms with Crippen molar-refractivity contribution in [3.8, 4) is 6.07 Å². The number of hydrogen-bond donors (Lipinski definition) is 0. The minimum absolute atomic E-state index is 0.233. The fraction of sp³-hybridized carbons (Fsp3) is 0.462. The zero-order valence-corrected chi connectivity index (χ0v) is 9.52. The van der Waals surface area contributed by atoms with Crippen molar-refractivity contribution in [1.29, 1.82) is 5.26 Å². The third-order valence-electron chi connectivity index (χ3n) is 3.75. The minimum Gasteiger partial charge on any atom is -0.205 e. The first-order valence-corrected chi connectivity index (χ1v) is 6.01. The van der Waals surface area contributed by atoms with Gasteiger partial charge in [-0.2, -0.15) is 5.26 Å². The van der Waals surface area contributed by atoms with Gasteiger partial charge in [0, 0.05) is 0 Å². The van der Waals surface area contributed by atoms with Crippen molar-refractivity contribution < 1.29 is 4.39 Å². The van der Waals surface area contributed by atoms with Crippen LogP contribution in [0, 0.1) is 23.1 Å². The Balaban J connectivity index is 2.19. The van der Waals surface area contributed by atoms with Gasteiger partial charge in [0.15, 0.2) is 0 Å². The highest BCUT2D eigenvalue weighted by molar-refractivity contribution is 6.31. The third kappa shape index (κ3) is 1.35. The molecule has 1 nitrogen and oxygen atoms in total. The molecule has 3 rings (SSSR count). The van der Waals surface area contributed by atoms with Crippen molar-refractivity contribution in [1.82, 2.24) is 0 Å². The lowest BCUT2D eigenvalue weighted by Gasteiger charge is -2.12. The predicted molar refractivity (Wildman–Crippen MR) is 59.9 cm³/mol. The molecule has 0 N–H and O–H groups in total. The molecule has 1 fully saturated rings. The van der Waals surface area contributed by atoms with Crippen LogP contribution in [0.15, 0.2) is 6.07 Å². The van der Waals surface area contributed by atoms with Crippen LogP contribution < -0.4 is 0 Å². The van der Waals surface area contributed by atoms with Crippen LogP contribution in [0.1, 0.15) is 41.9 Å². The van der Waals surface area contributed by atoms with Crippen LogP contribution in [0.25, 0.3) is 0 Å². The van der Waals surface area contributed by atoms with E-state index in [1.807, 2.05) is 0 Å². The van der Waals surface area contributed by atoms with Gasteiger partial charge < -0.3 is 0 Å². The molecular weight excluding hydrogens is 225 g/mol. The number of nitriles is 1. The third-order valence-corrected chi connectivity index (χ3v) is 4.16. The first-order valence-electron chi connectivity index (χ1n) is 5.63. The smallest absolute Gasteiger partial charge is 0.143 e. The van der Waals surface area contributed by atoms with Crippen LogP contribution in [0.2, 0.25) is 5.02 Å². The highest BCUT2D eigenvalue weighted by Gasteiger charge is 2.39. The Morgan fingerprint density at radius 3 is 2.75 bits per heavy atom. The van der Waals surface area contributed by atoms with Crippen molar-refractivity contribution in [3.05, 3.63) is 33.6 Å². The largest absolute Gasteiger partial charge is 0.205 e. The van der Waals surface area contributed by atoms with Gasteiger partial charge >= 0.3 is 0 Å². The fourth-order valence-electron chi connectivity index (χ4n) is 2.87. The number of benzene rings is 1. The van der Waals surface area contributed by atoms with Crippen LogP contribution in [0.4, 0.5) is 4.39 Å². The lowest BCUT2D eigenvalue weighted by Crippen LogP contribution is -2.00. The highest BCUT2D eigenvalue weighted by Crippen LogP contribution is 2.51. The Kier molecular flexibility index (Phi) is 2.19. The molecule has 1 unspecified atom stereocenters. The fourth-order valence-corrected chi connectivity index (χ4v) is 3.12. The van der Waals surface area contributed by atoms with Gasteiger partial charge in [0.25, 0.3) is 0 Å². The van der Waals surface area contributed by atoms with Crippen LogP contribution in [-0.2, 0) is 6.42 Å². The van der Waals surface area contributed by atoms with E-state index >= 15 is 0 Å². The minimum atomic E-state index is -0.451. The lowest BCUT2D eigenvalue weighted by atomic mass is 9.92. The number of fused-ring (bicyclic) bond motifs is 1. The molecule has 3 heteroatoms. The molecular formula is C13H11ClFN. The molecule has 0 radical (unpaired) electrons. The molecule has 1 atom stereocenters. The summed E-state index contributed by atoms with van der Waals surface area (Å²) in [5.74, 6) is 0.700. The van der Waals surface area contributed by atoms with E-state index in [1.165, 1.54) is 18.9 Å². The number of hydrogen-bond acceptors (Lipinski definition) is 1. The normalized spacial score (nSPS) is 22.9. The summed E-state index contributed by atoms with van der Waals surface area (Å²) < 4.78 is 13.5. The summed E-state index contributed by atoms with van der Waals surface area (Å²) in [7, 11) is 0. The van der Waals surface area contributed by atoms with Crippen LogP contribution >= 0.6 is 11.6 Å². The van der Waals surface area contributed by atoms with Gasteiger partial charge in [-0.3, -0.25) is 0 Å². The van der Waals surface area contributed by atoms with Crippen molar-refractivity contribution in [2.45, 2.75) is 31.6 Å². The molecule has 0 heterocycles. The van der Waals surface area contributed by atoms with Gasteiger partial charge in [-0.15, -0.1) is 0 Å². The molecule has 0 aromatic heterocycles. The zero-order valence-electron chi connectivity index (χ0n) is 8.76. The van der Waals surface area contributed by atoms with Crippen molar-refractivity contribution >= 4 is 11.6 Å². The molecule has 0 aliphatic heterocycles. The van der Waals surface area contributed by atoms with Crippen LogP contribution in [-0.4, -0.2) is 0 Å². The van der Waals surface area contributed by atoms with Gasteiger partial charge in [0.1, 0.15) is 5.82 Å². The Morgan fingerprint density at radius 2 is 2.12 bits per heavy atom. The highest BCUT2D eigenvalue weighted by atomic mass is 35.5. The molecule has 82 valence electrons. The molecule has 0 amide bonds. The number of rotatable bonds is 1. The summed E-state index contributed by atoms with van der Waals surface area (Å²) in [4.78, 5) is 0. The maximum Gasteiger partial charge on any atom is 0.143 e. The molecule has 2 aliphatic carbocycles. The average molecular weight is 236 g/mol. The Morgan fingerprint density at radius 1 is 1.38 bits per heavy atom. The van der Waals surface area contributed by atoms with E-state index in [4.69, 9.17) is 16.9 Å². The van der Waals surface area contributed by atoms with E-state index in [2.05, 4.69) is 6.07 Å². The van der Waals surface area contributed by atoms with E-state index in [-0.39, 0.29) is 5.02 Å². The van der Waals surface area contributed by atoms with Crippen LogP contribution in [0.3, 0.4) is 0 Å². The standard InChI is InChI=1S/C13H11ClFN/c14-13-10-4-3-9(7-1-2-7)12(10)8(6-16)5-11(13)15/h5,7,9H,1-4H2.